The van der Waals surface area contributed by atoms with Gasteiger partial charge in [0.25, 0.3) is 0 Å². The summed E-state index contributed by atoms with van der Waals surface area (Å²) in [5, 5.41) is 0. The van der Waals surface area contributed by atoms with E-state index in [1.165, 1.54) is 0 Å². The number of hydrogen-bond acceptors (Lipinski definition) is 5. The zero-order valence-electron chi connectivity index (χ0n) is 14.2. The normalized spacial score (nSPS) is 52.6. The summed E-state index contributed by atoms with van der Waals surface area (Å²) < 4.78 is 23.6. The molecule has 0 N–H and O–H groups in total. The second kappa shape index (κ2) is 4.57. The Kier molecular flexibility index (Phi) is 2.66. The van der Waals surface area contributed by atoms with Crippen LogP contribution in [0.15, 0.2) is 35.2 Å². The molecule has 1 saturated carbocycles. The van der Waals surface area contributed by atoms with Gasteiger partial charge < -0.3 is 18.6 Å². The van der Waals surface area contributed by atoms with Crippen LogP contribution in [0.3, 0.4) is 0 Å². The number of ether oxygens (including phenoxy) is 3. The third-order valence-corrected chi connectivity index (χ3v) is 7.83. The van der Waals surface area contributed by atoms with Gasteiger partial charge in [-0.05, 0) is 37.2 Å². The standard InChI is InChI=1S/C20H22O5/c1-11-14-7-19-10-23-17(21)13(19)3-2-4-16(19)20(11)8-15(25-18(20)24-14)12-5-6-22-9-12/h2,4-6,9,11,13-16,18H,3,7-8,10H2,1H3/t11-,13-,14-,15-,16-,18-,19-,20-/m1/s1. The highest BCUT2D eigenvalue weighted by Crippen LogP contribution is 2.72. The van der Waals surface area contributed by atoms with Crippen molar-refractivity contribution in [2.24, 2.45) is 28.6 Å². The lowest BCUT2D eigenvalue weighted by Crippen LogP contribution is -2.56. The van der Waals surface area contributed by atoms with Gasteiger partial charge in [0.2, 0.25) is 0 Å². The molecule has 132 valence electrons. The van der Waals surface area contributed by atoms with Crippen LogP contribution in [0.25, 0.3) is 0 Å². The number of esters is 1. The van der Waals surface area contributed by atoms with Crippen LogP contribution in [0.2, 0.25) is 0 Å². The Labute approximate surface area is 146 Å². The van der Waals surface area contributed by atoms with Crippen molar-refractivity contribution in [2.75, 3.05) is 6.61 Å². The predicted octanol–water partition coefficient (Wildman–Crippen LogP) is 3.23. The highest BCUT2D eigenvalue weighted by molar-refractivity contribution is 5.76. The summed E-state index contributed by atoms with van der Waals surface area (Å²) in [7, 11) is 0. The smallest absolute Gasteiger partial charge is 0.309 e. The number of rotatable bonds is 1. The number of hydrogen-bond donors (Lipinski definition) is 0. The molecule has 4 heterocycles. The van der Waals surface area contributed by atoms with Gasteiger partial charge in [-0.2, -0.15) is 0 Å². The molecule has 5 aliphatic rings. The van der Waals surface area contributed by atoms with E-state index in [1.807, 2.05) is 6.07 Å². The number of cyclic esters (lactones) is 1. The van der Waals surface area contributed by atoms with E-state index in [2.05, 4.69) is 19.1 Å². The van der Waals surface area contributed by atoms with Gasteiger partial charge >= 0.3 is 5.97 Å². The quantitative estimate of drug-likeness (QED) is 0.579. The molecule has 4 fully saturated rings. The van der Waals surface area contributed by atoms with Crippen molar-refractivity contribution < 1.29 is 23.4 Å². The fraction of sp³-hybridized carbons (Fsp3) is 0.650. The van der Waals surface area contributed by atoms with Crippen LogP contribution in [-0.2, 0) is 19.0 Å². The maximum absolute atomic E-state index is 12.4. The first kappa shape index (κ1) is 14.6. The molecule has 0 unspecified atom stereocenters. The van der Waals surface area contributed by atoms with Gasteiger partial charge in [0.1, 0.15) is 0 Å². The zero-order chi connectivity index (χ0) is 16.8. The Morgan fingerprint density at radius 1 is 1.24 bits per heavy atom. The summed E-state index contributed by atoms with van der Waals surface area (Å²) in [6.45, 7) is 2.83. The van der Waals surface area contributed by atoms with Crippen LogP contribution >= 0.6 is 0 Å². The number of carbonyl (C=O) groups excluding carboxylic acids is 1. The lowest BCUT2D eigenvalue weighted by atomic mass is 9.46. The fourth-order valence-electron chi connectivity index (χ4n) is 6.60. The molecule has 2 spiro atoms. The molecule has 0 aromatic carbocycles. The average molecular weight is 342 g/mol. The number of fused-ring (bicyclic) bond motifs is 1. The summed E-state index contributed by atoms with van der Waals surface area (Å²) in [6, 6.07) is 1.98. The minimum atomic E-state index is -0.212. The van der Waals surface area contributed by atoms with Gasteiger partial charge in [-0.3, -0.25) is 4.79 Å². The zero-order valence-corrected chi connectivity index (χ0v) is 14.2. The Balaban J connectivity index is 1.47. The predicted molar refractivity (Wildman–Crippen MR) is 86.2 cm³/mol. The third-order valence-electron chi connectivity index (χ3n) is 7.83. The maximum Gasteiger partial charge on any atom is 0.309 e. The molecule has 25 heavy (non-hydrogen) atoms. The molecular weight excluding hydrogens is 320 g/mol. The summed E-state index contributed by atoms with van der Waals surface area (Å²) in [5.74, 6) is 0.622. The first-order valence-corrected chi connectivity index (χ1v) is 9.31. The molecule has 2 bridgehead atoms. The van der Waals surface area contributed by atoms with Crippen LogP contribution in [0.1, 0.15) is 37.9 Å². The van der Waals surface area contributed by atoms with E-state index in [4.69, 9.17) is 18.6 Å². The van der Waals surface area contributed by atoms with Crippen molar-refractivity contribution in [1.82, 2.24) is 0 Å². The first-order valence-electron chi connectivity index (χ1n) is 9.31. The van der Waals surface area contributed by atoms with E-state index >= 15 is 0 Å². The van der Waals surface area contributed by atoms with E-state index in [-0.39, 0.29) is 47.1 Å². The minimum absolute atomic E-state index is 0.00546. The summed E-state index contributed by atoms with van der Waals surface area (Å²) in [4.78, 5) is 12.4. The van der Waals surface area contributed by atoms with Crippen LogP contribution in [0, 0.1) is 28.6 Å². The molecule has 1 aromatic rings. The summed E-state index contributed by atoms with van der Waals surface area (Å²) in [5.41, 5.74) is 0.867. The Bertz CT molecular complexity index is 754. The summed E-state index contributed by atoms with van der Waals surface area (Å²) in [6.07, 6.45) is 10.5. The van der Waals surface area contributed by atoms with Gasteiger partial charge in [-0.15, -0.1) is 0 Å². The maximum atomic E-state index is 12.4. The monoisotopic (exact) mass is 342 g/mol. The molecule has 5 heteroatoms. The van der Waals surface area contributed by atoms with E-state index in [9.17, 15) is 4.79 Å². The number of furan rings is 1. The molecule has 1 aromatic heterocycles. The van der Waals surface area contributed by atoms with E-state index in [1.54, 1.807) is 12.5 Å². The van der Waals surface area contributed by atoms with E-state index in [0.29, 0.717) is 12.5 Å². The molecular formula is C20H22O5. The van der Waals surface area contributed by atoms with Gasteiger partial charge in [-0.25, -0.2) is 0 Å². The van der Waals surface area contributed by atoms with Crippen LogP contribution in [-0.4, -0.2) is 25.0 Å². The van der Waals surface area contributed by atoms with E-state index in [0.717, 1.165) is 24.8 Å². The molecule has 0 radical (unpaired) electrons. The molecule has 5 nitrogen and oxygen atoms in total. The van der Waals surface area contributed by atoms with Crippen molar-refractivity contribution >= 4 is 5.97 Å². The van der Waals surface area contributed by atoms with Crippen molar-refractivity contribution in [3.8, 4) is 0 Å². The Hall–Kier alpha value is -1.59. The molecule has 0 amide bonds. The Morgan fingerprint density at radius 2 is 2.16 bits per heavy atom. The molecule has 3 aliphatic heterocycles. The molecule has 8 atom stereocenters. The second-order valence-electron chi connectivity index (χ2n) is 8.53. The van der Waals surface area contributed by atoms with Crippen LogP contribution in [0.5, 0.6) is 0 Å². The van der Waals surface area contributed by atoms with Crippen LogP contribution in [0.4, 0.5) is 0 Å². The van der Waals surface area contributed by atoms with Crippen molar-refractivity contribution in [1.29, 1.82) is 0 Å². The van der Waals surface area contributed by atoms with Crippen molar-refractivity contribution in [3.05, 3.63) is 36.3 Å². The third kappa shape index (κ3) is 1.56. The molecule has 6 rings (SSSR count). The van der Waals surface area contributed by atoms with Gasteiger partial charge in [-0.1, -0.05) is 19.1 Å². The van der Waals surface area contributed by atoms with Gasteiger partial charge in [0.15, 0.2) is 6.29 Å². The molecule has 2 aliphatic carbocycles. The largest absolute Gasteiger partial charge is 0.472 e. The van der Waals surface area contributed by atoms with Crippen LogP contribution < -0.4 is 0 Å². The van der Waals surface area contributed by atoms with Crippen molar-refractivity contribution in [2.45, 2.75) is 44.7 Å². The number of allylic oxidation sites excluding steroid dienone is 2. The Morgan fingerprint density at radius 3 is 3.00 bits per heavy atom. The summed E-state index contributed by atoms with van der Waals surface area (Å²) >= 11 is 0. The fourth-order valence-corrected chi connectivity index (χ4v) is 6.60. The van der Waals surface area contributed by atoms with Gasteiger partial charge in [0.05, 0.1) is 37.3 Å². The highest BCUT2D eigenvalue weighted by Gasteiger charge is 2.74. The average Bonchev–Trinajstić information content (AvgIpc) is 3.34. The lowest BCUT2D eigenvalue weighted by molar-refractivity contribution is -0.149. The lowest BCUT2D eigenvalue weighted by Gasteiger charge is -2.54. The number of carbonyl (C=O) groups is 1. The van der Waals surface area contributed by atoms with Gasteiger partial charge in [0, 0.05) is 16.4 Å². The van der Waals surface area contributed by atoms with E-state index < -0.39 is 0 Å². The topological polar surface area (TPSA) is 57.9 Å². The highest BCUT2D eigenvalue weighted by atomic mass is 16.7. The SMILES string of the molecule is C[C@@H]1[C@H]2C[C@@]34COC(=O)[C@H]3CC=C[C@H]4[C@@]13C[C@H](c1ccoc1)O[C@H]3O2. The minimum Gasteiger partial charge on any atom is -0.472 e. The molecule has 3 saturated heterocycles. The first-order chi connectivity index (χ1) is 12.1. The van der Waals surface area contributed by atoms with Crippen molar-refractivity contribution in [3.63, 3.8) is 0 Å². The second-order valence-corrected chi connectivity index (χ2v) is 8.53.